The zero-order chi connectivity index (χ0) is 22.7. The van der Waals surface area contributed by atoms with E-state index in [1.54, 1.807) is 19.5 Å². The van der Waals surface area contributed by atoms with Gasteiger partial charge >= 0.3 is 0 Å². The molecule has 0 aliphatic carbocycles. The van der Waals surface area contributed by atoms with Gasteiger partial charge in [0.25, 0.3) is 5.91 Å². The van der Waals surface area contributed by atoms with Gasteiger partial charge in [0.1, 0.15) is 0 Å². The second kappa shape index (κ2) is 9.29. The van der Waals surface area contributed by atoms with Crippen LogP contribution in [0.25, 0.3) is 0 Å². The molecule has 7 nitrogen and oxygen atoms in total. The quantitative estimate of drug-likeness (QED) is 0.583. The van der Waals surface area contributed by atoms with Gasteiger partial charge < -0.3 is 14.4 Å². The van der Waals surface area contributed by atoms with Crippen molar-refractivity contribution in [2.45, 2.75) is 24.6 Å². The molecule has 2 atom stereocenters. The van der Waals surface area contributed by atoms with Gasteiger partial charge in [-0.3, -0.25) is 14.7 Å². The molecular weight excluding hydrogens is 416 g/mol. The topological polar surface area (TPSA) is 67.8 Å². The molecule has 1 amide bonds. The molecule has 2 aromatic heterocycles. The monoisotopic (exact) mass is 444 g/mol. The first-order valence-corrected chi connectivity index (χ1v) is 11.3. The molecule has 1 aromatic carbocycles. The Balaban J connectivity index is 1.45. The number of ether oxygens (including phenoxy) is 2. The summed E-state index contributed by atoms with van der Waals surface area (Å²) in [5.74, 6) is 0.546. The summed E-state index contributed by atoms with van der Waals surface area (Å²) in [4.78, 5) is 26.8. The van der Waals surface area contributed by atoms with Crippen LogP contribution in [0.2, 0.25) is 0 Å². The van der Waals surface area contributed by atoms with Crippen LogP contribution >= 0.6 is 0 Å². The minimum absolute atomic E-state index is 0.0482. The predicted molar refractivity (Wildman–Crippen MR) is 124 cm³/mol. The molecular formula is C26H28N4O3. The Kier molecular flexibility index (Phi) is 6.07. The Morgan fingerprint density at radius 1 is 1.09 bits per heavy atom. The minimum atomic E-state index is -0.939. The summed E-state index contributed by atoms with van der Waals surface area (Å²) in [6.07, 6.45) is 5.34. The van der Waals surface area contributed by atoms with Gasteiger partial charge in [-0.25, -0.2) is 4.98 Å². The fourth-order valence-electron chi connectivity index (χ4n) is 5.05. The van der Waals surface area contributed by atoms with Crippen molar-refractivity contribution in [2.75, 3.05) is 33.4 Å². The highest BCUT2D eigenvalue weighted by molar-refractivity contribution is 5.88. The highest BCUT2D eigenvalue weighted by Crippen LogP contribution is 2.42. The highest BCUT2D eigenvalue weighted by Gasteiger charge is 2.57. The van der Waals surface area contributed by atoms with Crippen LogP contribution in [0, 0.1) is 0 Å². The Morgan fingerprint density at radius 2 is 1.94 bits per heavy atom. The molecule has 0 unspecified atom stereocenters. The van der Waals surface area contributed by atoms with E-state index in [1.165, 1.54) is 0 Å². The van der Waals surface area contributed by atoms with E-state index in [0.29, 0.717) is 45.2 Å². The number of methoxy groups -OCH3 is 1. The summed E-state index contributed by atoms with van der Waals surface area (Å²) in [7, 11) is 1.63. The molecule has 0 saturated carbocycles. The number of aromatic nitrogens is 2. The number of hydrogen-bond donors (Lipinski definition) is 0. The van der Waals surface area contributed by atoms with Crippen LogP contribution in [0.15, 0.2) is 73.2 Å². The lowest BCUT2D eigenvalue weighted by molar-refractivity contribution is -0.173. The standard InChI is InChI=1S/C26H28N4O3/c1-32-24-22(10-6-12-28-24)17-29-18-23(21-9-5-11-27-15-21)26(19-29)25(31)30(13-14-33-26)16-20-7-3-2-4-8-20/h2-12,15,23H,13-14,16-19H2,1H3/t23-,26-/m1/s1. The third-order valence-corrected chi connectivity index (χ3v) is 6.57. The van der Waals surface area contributed by atoms with Gasteiger partial charge in [-0.1, -0.05) is 42.5 Å². The number of nitrogens with zero attached hydrogens (tertiary/aromatic N) is 4. The molecule has 2 fully saturated rings. The van der Waals surface area contributed by atoms with Gasteiger partial charge in [0.05, 0.1) is 13.7 Å². The molecule has 2 saturated heterocycles. The van der Waals surface area contributed by atoms with Crippen LogP contribution in [-0.2, 0) is 22.6 Å². The Labute approximate surface area is 194 Å². The van der Waals surface area contributed by atoms with E-state index in [4.69, 9.17) is 9.47 Å². The molecule has 170 valence electrons. The normalized spacial score (nSPS) is 23.2. The zero-order valence-electron chi connectivity index (χ0n) is 18.8. The number of benzene rings is 1. The lowest BCUT2D eigenvalue weighted by atomic mass is 9.83. The van der Waals surface area contributed by atoms with Crippen molar-refractivity contribution in [3.63, 3.8) is 0 Å². The lowest BCUT2D eigenvalue weighted by Gasteiger charge is -2.42. The second-order valence-corrected chi connectivity index (χ2v) is 8.63. The average molecular weight is 445 g/mol. The van der Waals surface area contributed by atoms with E-state index in [1.807, 2.05) is 53.6 Å². The van der Waals surface area contributed by atoms with Crippen molar-refractivity contribution in [1.29, 1.82) is 0 Å². The number of carbonyl (C=O) groups is 1. The van der Waals surface area contributed by atoms with Crippen molar-refractivity contribution in [1.82, 2.24) is 19.8 Å². The van der Waals surface area contributed by atoms with Crippen molar-refractivity contribution in [3.05, 3.63) is 89.9 Å². The summed E-state index contributed by atoms with van der Waals surface area (Å²) in [5.41, 5.74) is 2.20. The van der Waals surface area contributed by atoms with Crippen LogP contribution in [0.4, 0.5) is 0 Å². The number of pyridine rings is 2. The van der Waals surface area contributed by atoms with Gasteiger partial charge in [-0.2, -0.15) is 0 Å². The van der Waals surface area contributed by atoms with E-state index in [-0.39, 0.29) is 11.8 Å². The summed E-state index contributed by atoms with van der Waals surface area (Å²) in [6.45, 7) is 3.51. The van der Waals surface area contributed by atoms with Crippen LogP contribution in [0.3, 0.4) is 0 Å². The summed E-state index contributed by atoms with van der Waals surface area (Å²) in [6, 6.07) is 18.0. The smallest absolute Gasteiger partial charge is 0.257 e. The van der Waals surface area contributed by atoms with Gasteiger partial charge in [0, 0.05) is 62.8 Å². The Hall–Kier alpha value is -3.29. The first-order valence-electron chi connectivity index (χ1n) is 11.3. The van der Waals surface area contributed by atoms with Gasteiger partial charge in [0.2, 0.25) is 5.88 Å². The Bertz CT molecular complexity index is 1090. The van der Waals surface area contributed by atoms with E-state index < -0.39 is 5.60 Å². The lowest BCUT2D eigenvalue weighted by Crippen LogP contribution is -2.59. The van der Waals surface area contributed by atoms with Gasteiger partial charge in [-0.05, 0) is 23.3 Å². The van der Waals surface area contributed by atoms with Crippen molar-refractivity contribution < 1.29 is 14.3 Å². The number of amides is 1. The number of carbonyl (C=O) groups excluding carboxylic acids is 1. The number of morpholine rings is 1. The first kappa shape index (κ1) is 21.6. The third-order valence-electron chi connectivity index (χ3n) is 6.57. The largest absolute Gasteiger partial charge is 0.481 e. The third kappa shape index (κ3) is 4.21. The molecule has 3 aromatic rings. The average Bonchev–Trinajstić information content (AvgIpc) is 3.22. The van der Waals surface area contributed by atoms with Crippen LogP contribution < -0.4 is 4.74 Å². The number of likely N-dealkylation sites (tertiary alicyclic amines) is 1. The predicted octanol–water partition coefficient (Wildman–Crippen LogP) is 2.88. The van der Waals surface area contributed by atoms with Crippen molar-refractivity contribution in [3.8, 4) is 5.88 Å². The highest BCUT2D eigenvalue weighted by atomic mass is 16.5. The zero-order valence-corrected chi connectivity index (χ0v) is 18.8. The minimum Gasteiger partial charge on any atom is -0.481 e. The maximum atomic E-state index is 14.0. The van der Waals surface area contributed by atoms with Crippen molar-refractivity contribution in [2.24, 2.45) is 0 Å². The van der Waals surface area contributed by atoms with E-state index in [9.17, 15) is 4.79 Å². The second-order valence-electron chi connectivity index (χ2n) is 8.63. The first-order chi connectivity index (χ1) is 16.2. The van der Waals surface area contributed by atoms with E-state index >= 15 is 0 Å². The summed E-state index contributed by atoms with van der Waals surface area (Å²) < 4.78 is 11.8. The summed E-state index contributed by atoms with van der Waals surface area (Å²) >= 11 is 0. The summed E-state index contributed by atoms with van der Waals surface area (Å²) in [5, 5.41) is 0. The van der Waals surface area contributed by atoms with E-state index in [0.717, 1.165) is 16.7 Å². The molecule has 0 N–H and O–H groups in total. The van der Waals surface area contributed by atoms with Gasteiger partial charge in [-0.15, -0.1) is 0 Å². The SMILES string of the molecule is COc1ncccc1CN1C[C@H](c2cccnc2)[C@@]2(C1)OCCN(Cc1ccccc1)C2=O. The fraction of sp³-hybridized carbons (Fsp3) is 0.346. The van der Waals surface area contributed by atoms with E-state index in [2.05, 4.69) is 27.0 Å². The molecule has 7 heteroatoms. The van der Waals surface area contributed by atoms with Crippen LogP contribution in [0.5, 0.6) is 5.88 Å². The molecule has 33 heavy (non-hydrogen) atoms. The Morgan fingerprint density at radius 3 is 2.73 bits per heavy atom. The molecule has 4 heterocycles. The maximum Gasteiger partial charge on any atom is 0.257 e. The number of rotatable bonds is 6. The molecule has 1 spiro atoms. The molecule has 2 aliphatic heterocycles. The molecule has 2 aliphatic rings. The molecule has 0 radical (unpaired) electrons. The molecule has 0 bridgehead atoms. The van der Waals surface area contributed by atoms with Crippen LogP contribution in [-0.4, -0.2) is 64.6 Å². The maximum absolute atomic E-state index is 14.0. The molecule has 5 rings (SSSR count). The van der Waals surface area contributed by atoms with Gasteiger partial charge in [0.15, 0.2) is 5.60 Å². The van der Waals surface area contributed by atoms with Crippen molar-refractivity contribution >= 4 is 5.91 Å². The fourth-order valence-corrected chi connectivity index (χ4v) is 5.05. The number of hydrogen-bond acceptors (Lipinski definition) is 6. The van der Waals surface area contributed by atoms with Crippen LogP contribution in [0.1, 0.15) is 22.6 Å².